The zero-order chi connectivity index (χ0) is 23.3. The van der Waals surface area contributed by atoms with E-state index in [1.54, 1.807) is 0 Å². The molecule has 5 aliphatic rings. The quantitative estimate of drug-likeness (QED) is 0.608. The van der Waals surface area contributed by atoms with Gasteiger partial charge < -0.3 is 15.3 Å². The predicted molar refractivity (Wildman–Crippen MR) is 143 cm³/mol. The number of aliphatic hydroxyl groups excluding tert-OH is 1. The highest BCUT2D eigenvalue weighted by atomic mass is 35.5. The summed E-state index contributed by atoms with van der Waals surface area (Å²) in [6.45, 7) is 6.75. The molecule has 1 aromatic heterocycles. The molecule has 1 saturated heterocycles. The van der Waals surface area contributed by atoms with Crippen LogP contribution in [0.25, 0.3) is 10.9 Å². The van der Waals surface area contributed by atoms with Crippen molar-refractivity contribution in [2.24, 2.45) is 23.2 Å². The molecule has 0 unspecified atom stereocenters. The second-order valence-corrected chi connectivity index (χ2v) is 11.7. The number of carbonyl (C=O) groups excluding carboxylic acids is 1. The van der Waals surface area contributed by atoms with Crippen molar-refractivity contribution >= 4 is 40.7 Å². The zero-order valence-corrected chi connectivity index (χ0v) is 21.7. The molecule has 1 amide bonds. The lowest BCUT2D eigenvalue weighted by molar-refractivity contribution is -0.124. The number of carbonyl (C=O) groups is 1. The second kappa shape index (κ2) is 9.87. The predicted octanol–water partition coefficient (Wildman–Crippen LogP) is 4.62. The van der Waals surface area contributed by atoms with E-state index in [9.17, 15) is 9.90 Å². The Morgan fingerprint density at radius 3 is 2.31 bits per heavy atom. The number of aromatic nitrogens is 1. The van der Waals surface area contributed by atoms with Crippen molar-refractivity contribution in [1.29, 1.82) is 0 Å². The van der Waals surface area contributed by atoms with Crippen LogP contribution in [0.3, 0.4) is 0 Å². The Morgan fingerprint density at radius 2 is 1.69 bits per heavy atom. The van der Waals surface area contributed by atoms with Crippen molar-refractivity contribution in [3.8, 4) is 0 Å². The van der Waals surface area contributed by atoms with Gasteiger partial charge in [0.2, 0.25) is 5.91 Å². The molecule has 0 atom stereocenters. The lowest BCUT2D eigenvalue weighted by Crippen LogP contribution is -2.47. The highest BCUT2D eigenvalue weighted by Crippen LogP contribution is 2.61. The van der Waals surface area contributed by atoms with Gasteiger partial charge in [0.1, 0.15) is 5.82 Å². The van der Waals surface area contributed by atoms with Crippen molar-refractivity contribution < 1.29 is 9.90 Å². The molecule has 1 aliphatic heterocycles. The third-order valence-electron chi connectivity index (χ3n) is 9.14. The first-order chi connectivity index (χ1) is 16.5. The molecule has 7 rings (SSSR count). The number of nitrogens with one attached hydrogen (secondary N) is 1. The van der Waals surface area contributed by atoms with Crippen LogP contribution in [0.1, 0.15) is 50.5 Å². The smallest absolute Gasteiger partial charge is 0.224 e. The van der Waals surface area contributed by atoms with Crippen molar-refractivity contribution in [3.63, 3.8) is 0 Å². The van der Waals surface area contributed by atoms with Crippen LogP contribution in [0.15, 0.2) is 24.3 Å². The average molecular weight is 499 g/mol. The highest BCUT2D eigenvalue weighted by molar-refractivity contribution is 6.02. The number of rotatable bonds is 6. The fourth-order valence-corrected chi connectivity index (χ4v) is 8.02. The molecule has 2 aromatic rings. The Labute approximate surface area is 214 Å². The van der Waals surface area contributed by atoms with Crippen LogP contribution < -0.4 is 10.2 Å². The van der Waals surface area contributed by atoms with Crippen LogP contribution in [-0.2, 0) is 4.79 Å². The van der Waals surface area contributed by atoms with Gasteiger partial charge in [-0.15, -0.1) is 12.4 Å². The maximum Gasteiger partial charge on any atom is 0.224 e. The molecule has 4 saturated carbocycles. The minimum Gasteiger partial charge on any atom is -0.395 e. The van der Waals surface area contributed by atoms with Crippen molar-refractivity contribution in [2.75, 3.05) is 49.5 Å². The minimum absolute atomic E-state index is 0. The van der Waals surface area contributed by atoms with E-state index in [4.69, 9.17) is 4.98 Å². The van der Waals surface area contributed by atoms with E-state index < -0.39 is 0 Å². The summed E-state index contributed by atoms with van der Waals surface area (Å²) >= 11 is 0. The van der Waals surface area contributed by atoms with Crippen LogP contribution >= 0.6 is 12.4 Å². The molecule has 2 heterocycles. The number of β-amino-alcohol motifs (C(OH)–C–C–N with tert-alkyl or cyclic N) is 1. The number of anilines is 2. The molecule has 7 heteroatoms. The van der Waals surface area contributed by atoms with Gasteiger partial charge in [-0.25, -0.2) is 4.98 Å². The summed E-state index contributed by atoms with van der Waals surface area (Å²) in [7, 11) is 0. The van der Waals surface area contributed by atoms with E-state index in [-0.39, 0.29) is 30.3 Å². The van der Waals surface area contributed by atoms with Crippen molar-refractivity contribution in [1.82, 2.24) is 9.88 Å². The van der Waals surface area contributed by atoms with Gasteiger partial charge in [-0.05, 0) is 92.4 Å². The Bertz CT molecular complexity index is 1050. The Balaban J connectivity index is 0.00000253. The van der Waals surface area contributed by atoms with Crippen LogP contribution in [0.4, 0.5) is 11.5 Å². The molecule has 5 fully saturated rings. The second-order valence-electron chi connectivity index (χ2n) is 11.7. The maximum atomic E-state index is 13.3. The van der Waals surface area contributed by atoms with Gasteiger partial charge in [0, 0.05) is 44.5 Å². The third-order valence-corrected chi connectivity index (χ3v) is 9.14. The first kappa shape index (κ1) is 24.8. The maximum absolute atomic E-state index is 13.3. The Hall–Kier alpha value is -1.89. The summed E-state index contributed by atoms with van der Waals surface area (Å²) in [4.78, 5) is 22.9. The third kappa shape index (κ3) is 4.90. The van der Waals surface area contributed by atoms with E-state index in [0.717, 1.165) is 78.4 Å². The van der Waals surface area contributed by atoms with Crippen LogP contribution in [0.5, 0.6) is 0 Å². The summed E-state index contributed by atoms with van der Waals surface area (Å²) in [5.74, 6) is 3.77. The summed E-state index contributed by atoms with van der Waals surface area (Å²) in [6, 6.07) is 8.38. The van der Waals surface area contributed by atoms with E-state index >= 15 is 0 Å². The number of halogens is 1. The molecule has 190 valence electrons. The number of fused-ring (bicyclic) bond motifs is 1. The van der Waals surface area contributed by atoms with Crippen LogP contribution in [0, 0.1) is 30.1 Å². The molecule has 0 radical (unpaired) electrons. The molecular weight excluding hydrogens is 460 g/mol. The molecule has 1 aromatic carbocycles. The van der Waals surface area contributed by atoms with Crippen molar-refractivity contribution in [3.05, 3.63) is 29.8 Å². The molecule has 35 heavy (non-hydrogen) atoms. The van der Waals surface area contributed by atoms with Gasteiger partial charge in [0.25, 0.3) is 0 Å². The molecular formula is C28H39ClN4O2. The van der Waals surface area contributed by atoms with Crippen LogP contribution in [0.2, 0.25) is 0 Å². The number of piperazine rings is 1. The molecule has 0 spiro atoms. The minimum atomic E-state index is 0. The fraction of sp³-hybridized carbons (Fsp3) is 0.643. The number of nitrogens with zero attached hydrogens (tertiary/aromatic N) is 3. The lowest BCUT2D eigenvalue weighted by Gasteiger charge is -2.56. The number of amides is 1. The number of aryl methyl sites for hydroxylation is 1. The number of pyridine rings is 1. The molecule has 2 N–H and O–H groups in total. The first-order valence-electron chi connectivity index (χ1n) is 13.3. The molecule has 4 aliphatic carbocycles. The van der Waals surface area contributed by atoms with Gasteiger partial charge in [-0.3, -0.25) is 9.69 Å². The van der Waals surface area contributed by atoms with Gasteiger partial charge in [0.15, 0.2) is 0 Å². The lowest BCUT2D eigenvalue weighted by atomic mass is 9.49. The van der Waals surface area contributed by atoms with Gasteiger partial charge in [0.05, 0.1) is 17.8 Å². The zero-order valence-electron chi connectivity index (χ0n) is 20.8. The fourth-order valence-electron chi connectivity index (χ4n) is 8.02. The number of benzene rings is 1. The number of aliphatic hydroxyl groups is 1. The van der Waals surface area contributed by atoms with Crippen LogP contribution in [-0.4, -0.2) is 60.2 Å². The van der Waals surface area contributed by atoms with E-state index in [0.29, 0.717) is 6.42 Å². The Kier molecular flexibility index (Phi) is 6.99. The molecule has 6 nitrogen and oxygen atoms in total. The summed E-state index contributed by atoms with van der Waals surface area (Å²) in [6.07, 6.45) is 8.69. The number of hydrogen-bond donors (Lipinski definition) is 2. The van der Waals surface area contributed by atoms with Gasteiger partial charge in [-0.1, -0.05) is 6.07 Å². The van der Waals surface area contributed by atoms with E-state index in [1.807, 2.05) is 0 Å². The van der Waals surface area contributed by atoms with E-state index in [2.05, 4.69) is 46.3 Å². The normalized spacial score (nSPS) is 29.9. The standard InChI is InChI=1S/C28H38N4O2.ClH/c1-19-2-4-24-23(3-5-25(29-24)32-8-6-31(7-9-32)10-11-33)27(19)30-26(34)18-28-15-20-12-21(16-28)14-22(13-20)17-28;/h2-5,20-22,33H,6-18H2,1H3,(H,30,34);1H. The van der Waals surface area contributed by atoms with E-state index in [1.165, 1.54) is 38.5 Å². The molecule has 4 bridgehead atoms. The summed E-state index contributed by atoms with van der Waals surface area (Å²) in [5.41, 5.74) is 3.21. The van der Waals surface area contributed by atoms with Gasteiger partial charge >= 0.3 is 0 Å². The topological polar surface area (TPSA) is 68.7 Å². The SMILES string of the molecule is Cc1ccc2nc(N3CCN(CCO)CC3)ccc2c1NC(=O)CC12CC3CC(CC(C3)C1)C2.Cl. The summed E-state index contributed by atoms with van der Waals surface area (Å²) in [5, 5.41) is 13.5. The number of hydrogen-bond acceptors (Lipinski definition) is 5. The monoisotopic (exact) mass is 498 g/mol. The first-order valence-corrected chi connectivity index (χ1v) is 13.3. The largest absolute Gasteiger partial charge is 0.395 e. The summed E-state index contributed by atoms with van der Waals surface area (Å²) < 4.78 is 0. The average Bonchev–Trinajstić information content (AvgIpc) is 2.80. The Morgan fingerprint density at radius 1 is 1.03 bits per heavy atom. The van der Waals surface area contributed by atoms with Gasteiger partial charge in [-0.2, -0.15) is 0 Å². The van der Waals surface area contributed by atoms with Crippen molar-refractivity contribution in [2.45, 2.75) is 51.9 Å². The highest BCUT2D eigenvalue weighted by Gasteiger charge is 2.51.